The minimum absolute atomic E-state index is 0.159. The van der Waals surface area contributed by atoms with Gasteiger partial charge in [-0.3, -0.25) is 4.90 Å². The van der Waals surface area contributed by atoms with Crippen molar-refractivity contribution in [3.05, 3.63) is 0 Å². The molecule has 2 N–H and O–H groups in total. The second-order valence-corrected chi connectivity index (χ2v) is 7.59. The second-order valence-electron chi connectivity index (χ2n) is 7.59. The summed E-state index contributed by atoms with van der Waals surface area (Å²) in [6.07, 6.45) is 8.01. The lowest BCUT2D eigenvalue weighted by Gasteiger charge is -2.58. The van der Waals surface area contributed by atoms with Gasteiger partial charge in [0.1, 0.15) is 0 Å². The predicted octanol–water partition coefficient (Wildman–Crippen LogP) is 3.03. The van der Waals surface area contributed by atoms with Gasteiger partial charge >= 0.3 is 0 Å². The third-order valence-electron chi connectivity index (χ3n) is 6.12. The summed E-state index contributed by atoms with van der Waals surface area (Å²) >= 11 is 0. The molecule has 0 bridgehead atoms. The first-order chi connectivity index (χ1) is 9.48. The van der Waals surface area contributed by atoms with Crippen molar-refractivity contribution in [2.75, 3.05) is 26.8 Å². The largest absolute Gasteiger partial charge is 0.383 e. The molecule has 118 valence electrons. The Morgan fingerprint density at radius 2 is 1.90 bits per heavy atom. The molecule has 0 heterocycles. The smallest absolute Gasteiger partial charge is 0.0590 e. The molecule has 0 radical (unpaired) electrons. The maximum absolute atomic E-state index is 6.36. The first-order valence-corrected chi connectivity index (χ1v) is 8.44. The van der Waals surface area contributed by atoms with E-state index in [4.69, 9.17) is 10.5 Å². The number of hydrogen-bond acceptors (Lipinski definition) is 3. The van der Waals surface area contributed by atoms with Gasteiger partial charge in [0.2, 0.25) is 0 Å². The van der Waals surface area contributed by atoms with E-state index < -0.39 is 0 Å². The molecule has 2 aliphatic carbocycles. The first-order valence-electron chi connectivity index (χ1n) is 8.44. The highest BCUT2D eigenvalue weighted by molar-refractivity contribution is 5.07. The molecule has 2 aliphatic rings. The normalized spacial score (nSPS) is 31.5. The number of rotatable bonds is 7. The number of hydrogen-bond donors (Lipinski definition) is 1. The highest BCUT2D eigenvalue weighted by Crippen LogP contribution is 2.49. The fraction of sp³-hybridized carbons (Fsp3) is 1.00. The maximum atomic E-state index is 6.36. The number of nitrogens with two attached hydrogens (primary N) is 1. The van der Waals surface area contributed by atoms with Gasteiger partial charge in [-0.15, -0.1) is 0 Å². The van der Waals surface area contributed by atoms with Crippen molar-refractivity contribution >= 4 is 0 Å². The Balaban J connectivity index is 2.25. The van der Waals surface area contributed by atoms with E-state index in [2.05, 4.69) is 25.7 Å². The zero-order chi connectivity index (χ0) is 14.8. The molecule has 0 spiro atoms. The molecule has 20 heavy (non-hydrogen) atoms. The highest BCUT2D eigenvalue weighted by Gasteiger charge is 2.52. The Bertz CT molecular complexity index is 314. The van der Waals surface area contributed by atoms with Gasteiger partial charge in [0.05, 0.1) is 6.61 Å². The van der Waals surface area contributed by atoms with Crippen LogP contribution in [0.15, 0.2) is 0 Å². The van der Waals surface area contributed by atoms with Crippen molar-refractivity contribution in [1.82, 2.24) is 4.90 Å². The average molecular weight is 282 g/mol. The molecule has 2 unspecified atom stereocenters. The van der Waals surface area contributed by atoms with Gasteiger partial charge in [-0.05, 0) is 43.9 Å². The zero-order valence-electron chi connectivity index (χ0n) is 14.0. The summed E-state index contributed by atoms with van der Waals surface area (Å²) < 4.78 is 5.39. The Morgan fingerprint density at radius 3 is 2.40 bits per heavy atom. The van der Waals surface area contributed by atoms with E-state index in [9.17, 15) is 0 Å². The van der Waals surface area contributed by atoms with Crippen LogP contribution in [0.4, 0.5) is 0 Å². The maximum Gasteiger partial charge on any atom is 0.0590 e. The lowest BCUT2D eigenvalue weighted by Crippen LogP contribution is -2.66. The Morgan fingerprint density at radius 1 is 1.25 bits per heavy atom. The zero-order valence-corrected chi connectivity index (χ0v) is 14.0. The Labute approximate surface area is 125 Å². The van der Waals surface area contributed by atoms with Crippen LogP contribution in [0, 0.1) is 11.3 Å². The van der Waals surface area contributed by atoms with Crippen molar-refractivity contribution in [2.45, 2.75) is 70.9 Å². The summed E-state index contributed by atoms with van der Waals surface area (Å²) in [4.78, 5) is 2.73. The van der Waals surface area contributed by atoms with Gasteiger partial charge in [0.25, 0.3) is 0 Å². The van der Waals surface area contributed by atoms with Crippen LogP contribution >= 0.6 is 0 Å². The quantitative estimate of drug-likeness (QED) is 0.780. The van der Waals surface area contributed by atoms with Crippen LogP contribution < -0.4 is 5.73 Å². The molecule has 0 saturated heterocycles. The van der Waals surface area contributed by atoms with E-state index in [1.54, 1.807) is 7.11 Å². The van der Waals surface area contributed by atoms with Gasteiger partial charge in [0.15, 0.2) is 0 Å². The van der Waals surface area contributed by atoms with E-state index in [0.29, 0.717) is 11.5 Å². The predicted molar refractivity (Wildman–Crippen MR) is 84.8 cm³/mol. The molecule has 2 fully saturated rings. The van der Waals surface area contributed by atoms with Gasteiger partial charge in [-0.25, -0.2) is 0 Å². The summed E-state index contributed by atoms with van der Waals surface area (Å²) in [5, 5.41) is 0. The monoisotopic (exact) mass is 282 g/mol. The third-order valence-corrected chi connectivity index (χ3v) is 6.12. The fourth-order valence-corrected chi connectivity index (χ4v) is 4.41. The Kier molecular flexibility index (Phi) is 5.14. The highest BCUT2D eigenvalue weighted by atomic mass is 16.5. The molecule has 0 aromatic rings. The summed E-state index contributed by atoms with van der Waals surface area (Å²) in [5.74, 6) is 0.882. The summed E-state index contributed by atoms with van der Waals surface area (Å²) in [6.45, 7) is 9.89. The molecule has 0 aromatic heterocycles. The van der Waals surface area contributed by atoms with Gasteiger partial charge in [-0.2, -0.15) is 0 Å². The molecule has 2 rings (SSSR count). The second kappa shape index (κ2) is 6.33. The molecule has 3 heteroatoms. The lowest BCUT2D eigenvalue weighted by atomic mass is 9.61. The summed E-state index contributed by atoms with van der Waals surface area (Å²) in [6, 6.07) is 0.645. The molecule has 3 nitrogen and oxygen atoms in total. The van der Waals surface area contributed by atoms with Crippen LogP contribution in [0.25, 0.3) is 0 Å². The fourth-order valence-electron chi connectivity index (χ4n) is 4.41. The van der Waals surface area contributed by atoms with E-state index in [0.717, 1.165) is 25.6 Å². The van der Waals surface area contributed by atoms with Crippen molar-refractivity contribution in [1.29, 1.82) is 0 Å². The molecule has 2 saturated carbocycles. The molecular formula is C17H34N2O. The van der Waals surface area contributed by atoms with Crippen molar-refractivity contribution in [3.63, 3.8) is 0 Å². The van der Waals surface area contributed by atoms with Gasteiger partial charge in [-0.1, -0.05) is 26.7 Å². The van der Waals surface area contributed by atoms with E-state index >= 15 is 0 Å². The molecule has 0 amide bonds. The average Bonchev–Trinajstić information content (AvgIpc) is 3.24. The van der Waals surface area contributed by atoms with Crippen LogP contribution in [-0.2, 0) is 4.74 Å². The van der Waals surface area contributed by atoms with Crippen LogP contribution in [0.2, 0.25) is 0 Å². The Hall–Kier alpha value is -0.120. The van der Waals surface area contributed by atoms with Crippen LogP contribution in [0.3, 0.4) is 0 Å². The minimum atomic E-state index is 0.159. The molecular weight excluding hydrogens is 248 g/mol. The van der Waals surface area contributed by atoms with Gasteiger partial charge < -0.3 is 10.5 Å². The van der Waals surface area contributed by atoms with E-state index in [-0.39, 0.29) is 5.54 Å². The van der Waals surface area contributed by atoms with Crippen molar-refractivity contribution in [3.8, 4) is 0 Å². The minimum Gasteiger partial charge on any atom is -0.383 e. The summed E-state index contributed by atoms with van der Waals surface area (Å²) in [7, 11) is 1.81. The number of ether oxygens (including phenoxy) is 1. The lowest BCUT2D eigenvalue weighted by molar-refractivity contribution is -0.0767. The topological polar surface area (TPSA) is 38.5 Å². The van der Waals surface area contributed by atoms with Gasteiger partial charge in [0, 0.05) is 31.8 Å². The SMILES string of the molecule is COCCN(C(C)C1CC1)C1(CN)CCCCC1(C)C. The van der Waals surface area contributed by atoms with Crippen molar-refractivity contribution < 1.29 is 4.74 Å². The van der Waals surface area contributed by atoms with Crippen LogP contribution in [0.5, 0.6) is 0 Å². The number of nitrogens with zero attached hydrogens (tertiary/aromatic N) is 1. The van der Waals surface area contributed by atoms with E-state index in [1.807, 2.05) is 0 Å². The third kappa shape index (κ3) is 2.90. The first kappa shape index (κ1) is 16.3. The molecule has 2 atom stereocenters. The van der Waals surface area contributed by atoms with Crippen LogP contribution in [-0.4, -0.2) is 43.3 Å². The van der Waals surface area contributed by atoms with E-state index in [1.165, 1.54) is 38.5 Å². The molecule has 0 aliphatic heterocycles. The standard InChI is InChI=1S/C17H34N2O/c1-14(15-7-8-15)19(11-12-20-4)17(13-18)10-6-5-9-16(17,2)3/h14-15H,5-13,18H2,1-4H3. The van der Waals surface area contributed by atoms with Crippen molar-refractivity contribution in [2.24, 2.45) is 17.1 Å². The number of methoxy groups -OCH3 is 1. The molecule has 0 aromatic carbocycles. The summed E-state index contributed by atoms with van der Waals surface area (Å²) in [5.41, 5.74) is 6.82. The van der Waals surface area contributed by atoms with Crippen LogP contribution in [0.1, 0.15) is 59.3 Å².